The van der Waals surface area contributed by atoms with Crippen molar-refractivity contribution in [3.63, 3.8) is 0 Å². The monoisotopic (exact) mass is 215 g/mol. The van der Waals surface area contributed by atoms with Crippen molar-refractivity contribution < 1.29 is 14.3 Å². The number of hydrogen-bond acceptors (Lipinski definition) is 4. The molecule has 1 N–H and O–H groups in total. The maximum atomic E-state index is 11.4. The van der Waals surface area contributed by atoms with Crippen LogP contribution in [0.2, 0.25) is 0 Å². The van der Waals surface area contributed by atoms with E-state index in [4.69, 9.17) is 9.47 Å². The van der Waals surface area contributed by atoms with Gasteiger partial charge in [0.25, 0.3) is 0 Å². The van der Waals surface area contributed by atoms with E-state index in [9.17, 15) is 4.79 Å². The van der Waals surface area contributed by atoms with E-state index in [1.54, 1.807) is 0 Å². The van der Waals surface area contributed by atoms with Crippen LogP contribution in [0.1, 0.15) is 34.1 Å². The van der Waals surface area contributed by atoms with Gasteiger partial charge in [0.2, 0.25) is 0 Å². The SMILES string of the molecule is CCOC(=O)[C@@H]1C[C@@H](OC(C)(C)C)CN1. The summed E-state index contributed by atoms with van der Waals surface area (Å²) in [5.74, 6) is -0.169. The Hall–Kier alpha value is -0.610. The van der Waals surface area contributed by atoms with Crippen LogP contribution in [0.15, 0.2) is 0 Å². The zero-order valence-corrected chi connectivity index (χ0v) is 10.0. The minimum atomic E-state index is -0.197. The van der Waals surface area contributed by atoms with Gasteiger partial charge in [0.1, 0.15) is 6.04 Å². The molecule has 0 spiro atoms. The first kappa shape index (κ1) is 12.5. The molecule has 0 unspecified atom stereocenters. The Balaban J connectivity index is 2.36. The molecular formula is C11H21NO3. The normalized spacial score (nSPS) is 26.7. The lowest BCUT2D eigenvalue weighted by molar-refractivity contribution is -0.145. The molecule has 0 aromatic carbocycles. The molecule has 1 heterocycles. The van der Waals surface area contributed by atoms with E-state index in [0.717, 1.165) is 6.54 Å². The van der Waals surface area contributed by atoms with Gasteiger partial charge in [-0.05, 0) is 27.7 Å². The van der Waals surface area contributed by atoms with Gasteiger partial charge >= 0.3 is 5.97 Å². The molecule has 0 amide bonds. The number of nitrogens with one attached hydrogen (secondary N) is 1. The second-order valence-electron chi connectivity index (χ2n) is 4.80. The zero-order chi connectivity index (χ0) is 11.5. The second kappa shape index (κ2) is 4.94. The lowest BCUT2D eigenvalue weighted by Gasteiger charge is -2.24. The van der Waals surface area contributed by atoms with E-state index < -0.39 is 0 Å². The van der Waals surface area contributed by atoms with E-state index in [2.05, 4.69) is 5.32 Å². The highest BCUT2D eigenvalue weighted by molar-refractivity contribution is 5.76. The van der Waals surface area contributed by atoms with Crippen molar-refractivity contribution in [2.75, 3.05) is 13.2 Å². The number of ether oxygens (including phenoxy) is 2. The van der Waals surface area contributed by atoms with Crippen molar-refractivity contribution in [2.45, 2.75) is 51.9 Å². The molecule has 1 rings (SSSR count). The number of carbonyl (C=O) groups excluding carboxylic acids is 1. The van der Waals surface area contributed by atoms with Gasteiger partial charge in [-0.3, -0.25) is 4.79 Å². The van der Waals surface area contributed by atoms with Gasteiger partial charge in [0.15, 0.2) is 0 Å². The number of carbonyl (C=O) groups is 1. The summed E-state index contributed by atoms with van der Waals surface area (Å²) in [5, 5.41) is 3.11. The number of hydrogen-bond donors (Lipinski definition) is 1. The van der Waals surface area contributed by atoms with Gasteiger partial charge in [-0.15, -0.1) is 0 Å². The second-order valence-corrected chi connectivity index (χ2v) is 4.80. The molecular weight excluding hydrogens is 194 g/mol. The summed E-state index contributed by atoms with van der Waals surface area (Å²) in [7, 11) is 0. The maximum Gasteiger partial charge on any atom is 0.323 e. The number of rotatable bonds is 3. The molecule has 4 heteroatoms. The van der Waals surface area contributed by atoms with Gasteiger partial charge in [-0.2, -0.15) is 0 Å². The molecule has 88 valence electrons. The predicted octanol–water partition coefficient (Wildman–Crippen LogP) is 1.10. The highest BCUT2D eigenvalue weighted by Crippen LogP contribution is 2.18. The highest BCUT2D eigenvalue weighted by atomic mass is 16.5. The van der Waals surface area contributed by atoms with Crippen LogP contribution < -0.4 is 5.32 Å². The molecule has 0 aromatic rings. The van der Waals surface area contributed by atoms with Gasteiger partial charge < -0.3 is 14.8 Å². The summed E-state index contributed by atoms with van der Waals surface area (Å²) in [6.07, 6.45) is 0.815. The Kier molecular flexibility index (Phi) is 4.11. The van der Waals surface area contributed by atoms with Crippen LogP contribution in [0.4, 0.5) is 0 Å². The molecule has 0 aliphatic carbocycles. The standard InChI is InChI=1S/C11H21NO3/c1-5-14-10(13)9-6-8(7-12-9)15-11(2,3)4/h8-9,12H,5-7H2,1-4H3/t8-,9+/m1/s1. The maximum absolute atomic E-state index is 11.4. The van der Waals surface area contributed by atoms with Crippen LogP contribution in [-0.4, -0.2) is 36.9 Å². The van der Waals surface area contributed by atoms with Crippen molar-refractivity contribution >= 4 is 5.97 Å². The topological polar surface area (TPSA) is 47.6 Å². The van der Waals surface area contributed by atoms with Crippen LogP contribution >= 0.6 is 0 Å². The van der Waals surface area contributed by atoms with E-state index in [1.807, 2.05) is 27.7 Å². The van der Waals surface area contributed by atoms with Crippen LogP contribution in [0, 0.1) is 0 Å². The van der Waals surface area contributed by atoms with E-state index in [-0.39, 0.29) is 23.7 Å². The van der Waals surface area contributed by atoms with E-state index in [1.165, 1.54) is 0 Å². The van der Waals surface area contributed by atoms with Crippen LogP contribution in [0.5, 0.6) is 0 Å². The quantitative estimate of drug-likeness (QED) is 0.716. The van der Waals surface area contributed by atoms with Gasteiger partial charge in [-0.1, -0.05) is 0 Å². The van der Waals surface area contributed by atoms with Crippen molar-refractivity contribution in [3.8, 4) is 0 Å². The Labute approximate surface area is 91.3 Å². The Morgan fingerprint density at radius 1 is 1.47 bits per heavy atom. The Morgan fingerprint density at radius 2 is 2.13 bits per heavy atom. The smallest absolute Gasteiger partial charge is 0.323 e. The van der Waals surface area contributed by atoms with E-state index >= 15 is 0 Å². The van der Waals surface area contributed by atoms with Crippen LogP contribution in [0.3, 0.4) is 0 Å². The first-order valence-electron chi connectivity index (χ1n) is 5.50. The fourth-order valence-electron chi connectivity index (χ4n) is 1.72. The summed E-state index contributed by atoms with van der Waals surface area (Å²) in [4.78, 5) is 11.4. The largest absolute Gasteiger partial charge is 0.465 e. The molecule has 0 aromatic heterocycles. The predicted molar refractivity (Wildman–Crippen MR) is 57.7 cm³/mol. The molecule has 1 saturated heterocycles. The molecule has 0 radical (unpaired) electrons. The fourth-order valence-corrected chi connectivity index (χ4v) is 1.72. The van der Waals surface area contributed by atoms with Gasteiger partial charge in [0.05, 0.1) is 18.3 Å². The van der Waals surface area contributed by atoms with E-state index in [0.29, 0.717) is 13.0 Å². The molecule has 1 fully saturated rings. The van der Waals surface area contributed by atoms with Crippen molar-refractivity contribution in [2.24, 2.45) is 0 Å². The fraction of sp³-hybridized carbons (Fsp3) is 0.909. The summed E-state index contributed by atoms with van der Waals surface area (Å²) in [6, 6.07) is -0.197. The molecule has 2 atom stereocenters. The lowest BCUT2D eigenvalue weighted by atomic mass is 10.1. The lowest BCUT2D eigenvalue weighted by Crippen LogP contribution is -2.32. The van der Waals surface area contributed by atoms with Crippen molar-refractivity contribution in [3.05, 3.63) is 0 Å². The van der Waals surface area contributed by atoms with Gasteiger partial charge in [0, 0.05) is 13.0 Å². The molecule has 0 bridgehead atoms. The highest BCUT2D eigenvalue weighted by Gasteiger charge is 2.32. The van der Waals surface area contributed by atoms with Crippen LogP contribution in [-0.2, 0) is 14.3 Å². The third-order valence-electron chi connectivity index (χ3n) is 2.18. The van der Waals surface area contributed by atoms with Gasteiger partial charge in [-0.25, -0.2) is 0 Å². The molecule has 1 aliphatic rings. The third-order valence-corrected chi connectivity index (χ3v) is 2.18. The summed E-state index contributed by atoms with van der Waals surface area (Å²) < 4.78 is 10.7. The third kappa shape index (κ3) is 4.18. The van der Waals surface area contributed by atoms with Crippen LogP contribution in [0.25, 0.3) is 0 Å². The van der Waals surface area contributed by atoms with Crippen molar-refractivity contribution in [1.29, 1.82) is 0 Å². The number of esters is 1. The Bertz CT molecular complexity index is 222. The first-order chi connectivity index (χ1) is 6.92. The molecule has 4 nitrogen and oxygen atoms in total. The minimum Gasteiger partial charge on any atom is -0.465 e. The minimum absolute atomic E-state index is 0.111. The summed E-state index contributed by atoms with van der Waals surface area (Å²) >= 11 is 0. The molecule has 1 aliphatic heterocycles. The molecule has 0 saturated carbocycles. The average Bonchev–Trinajstić information content (AvgIpc) is 2.50. The molecule has 15 heavy (non-hydrogen) atoms. The van der Waals surface area contributed by atoms with Crippen molar-refractivity contribution in [1.82, 2.24) is 5.32 Å². The Morgan fingerprint density at radius 3 is 2.67 bits per heavy atom. The first-order valence-corrected chi connectivity index (χ1v) is 5.50. The average molecular weight is 215 g/mol. The zero-order valence-electron chi connectivity index (χ0n) is 10.0. The summed E-state index contributed by atoms with van der Waals surface area (Å²) in [6.45, 7) is 9.03. The summed E-state index contributed by atoms with van der Waals surface area (Å²) in [5.41, 5.74) is -0.157.